The van der Waals surface area contributed by atoms with E-state index in [1.807, 2.05) is 103 Å². The van der Waals surface area contributed by atoms with Crippen molar-refractivity contribution < 1.29 is 18.7 Å². The molecule has 0 radical (unpaired) electrons. The summed E-state index contributed by atoms with van der Waals surface area (Å²) in [5, 5.41) is 0. The van der Waals surface area contributed by atoms with Crippen molar-refractivity contribution in [2.24, 2.45) is 0 Å². The SMILES string of the molecule is COC(=O)[C@H](Cc1ccc(OCCc2nc(-c3ccccc3)oc2C)cc1)n1ccc(-c2ccccc2)c1. The highest BCUT2D eigenvalue weighted by Crippen LogP contribution is 2.25. The molecule has 0 saturated carbocycles. The highest BCUT2D eigenvalue weighted by Gasteiger charge is 2.22. The molecule has 0 amide bonds. The van der Waals surface area contributed by atoms with Gasteiger partial charge in [-0.25, -0.2) is 9.78 Å². The summed E-state index contributed by atoms with van der Waals surface area (Å²) in [6, 6.07) is 29.4. The lowest BCUT2D eigenvalue weighted by atomic mass is 10.1. The maximum absolute atomic E-state index is 12.6. The summed E-state index contributed by atoms with van der Waals surface area (Å²) < 4.78 is 18.8. The average molecular weight is 507 g/mol. The number of carbonyl (C=O) groups is 1. The van der Waals surface area contributed by atoms with Crippen LogP contribution in [0.4, 0.5) is 0 Å². The number of hydrogen-bond donors (Lipinski definition) is 0. The second-order valence-electron chi connectivity index (χ2n) is 9.09. The van der Waals surface area contributed by atoms with Crippen LogP contribution >= 0.6 is 0 Å². The molecule has 0 aliphatic carbocycles. The Bertz CT molecular complexity index is 1470. The number of methoxy groups -OCH3 is 1. The van der Waals surface area contributed by atoms with Crippen molar-refractivity contribution in [3.05, 3.63) is 120 Å². The molecular weight excluding hydrogens is 476 g/mol. The van der Waals surface area contributed by atoms with Gasteiger partial charge in [0.05, 0.1) is 19.4 Å². The van der Waals surface area contributed by atoms with Crippen LogP contribution in [0.3, 0.4) is 0 Å². The minimum absolute atomic E-state index is 0.279. The molecule has 5 aromatic rings. The monoisotopic (exact) mass is 506 g/mol. The maximum atomic E-state index is 12.6. The van der Waals surface area contributed by atoms with Gasteiger partial charge in [0.25, 0.3) is 0 Å². The lowest BCUT2D eigenvalue weighted by Crippen LogP contribution is -2.22. The molecule has 0 unspecified atom stereocenters. The number of hydrogen-bond acceptors (Lipinski definition) is 5. The molecule has 0 saturated heterocycles. The van der Waals surface area contributed by atoms with Gasteiger partial charge in [-0.2, -0.15) is 0 Å². The van der Waals surface area contributed by atoms with E-state index < -0.39 is 6.04 Å². The van der Waals surface area contributed by atoms with Crippen LogP contribution in [0.2, 0.25) is 0 Å². The number of benzene rings is 3. The molecule has 0 bridgehead atoms. The summed E-state index contributed by atoms with van der Waals surface area (Å²) in [4.78, 5) is 17.3. The van der Waals surface area contributed by atoms with Crippen LogP contribution in [0, 0.1) is 6.92 Å². The number of aryl methyl sites for hydroxylation is 1. The molecule has 0 spiro atoms. The molecular formula is C32H30N2O4. The zero-order chi connectivity index (χ0) is 26.3. The molecule has 192 valence electrons. The molecule has 0 fully saturated rings. The Morgan fingerprint density at radius 1 is 0.895 bits per heavy atom. The highest BCUT2D eigenvalue weighted by molar-refractivity contribution is 5.75. The number of rotatable bonds is 10. The summed E-state index contributed by atoms with van der Waals surface area (Å²) in [6.07, 6.45) is 5.07. The average Bonchev–Trinajstić information content (AvgIpc) is 3.60. The van der Waals surface area contributed by atoms with Crippen LogP contribution in [0.5, 0.6) is 5.75 Å². The van der Waals surface area contributed by atoms with E-state index in [4.69, 9.17) is 13.9 Å². The Morgan fingerprint density at radius 3 is 2.26 bits per heavy atom. The Kier molecular flexibility index (Phi) is 7.69. The van der Waals surface area contributed by atoms with E-state index >= 15 is 0 Å². The van der Waals surface area contributed by atoms with Crippen LogP contribution in [0.1, 0.15) is 23.1 Å². The Labute approximate surface area is 222 Å². The second kappa shape index (κ2) is 11.6. The molecule has 1 atom stereocenters. The third-order valence-electron chi connectivity index (χ3n) is 6.53. The van der Waals surface area contributed by atoms with Crippen molar-refractivity contribution >= 4 is 5.97 Å². The van der Waals surface area contributed by atoms with E-state index in [1.54, 1.807) is 0 Å². The van der Waals surface area contributed by atoms with Gasteiger partial charge in [-0.3, -0.25) is 0 Å². The van der Waals surface area contributed by atoms with E-state index in [2.05, 4.69) is 17.1 Å². The van der Waals surface area contributed by atoms with Crippen LogP contribution in [-0.4, -0.2) is 29.2 Å². The molecule has 5 rings (SSSR count). The predicted molar refractivity (Wildman–Crippen MR) is 147 cm³/mol. The first-order valence-electron chi connectivity index (χ1n) is 12.6. The standard InChI is InChI=1S/C32H30N2O4/c1-23-29(33-31(38-23)26-11-7-4-8-12-26)18-20-37-28-15-13-24(14-16-28)21-30(32(35)36-2)34-19-17-27(22-34)25-9-5-3-6-10-25/h3-17,19,22,30H,18,20-21H2,1-2H3/t30-/m0/s1. The van der Waals surface area contributed by atoms with Crippen LogP contribution in [0.25, 0.3) is 22.6 Å². The highest BCUT2D eigenvalue weighted by atomic mass is 16.5. The summed E-state index contributed by atoms with van der Waals surface area (Å²) in [6.45, 7) is 2.41. The minimum atomic E-state index is -0.460. The number of oxazole rings is 1. The Hall–Kier alpha value is -4.58. The van der Waals surface area contributed by atoms with Gasteiger partial charge in [0.15, 0.2) is 0 Å². The molecule has 0 N–H and O–H groups in total. The molecule has 6 heteroatoms. The smallest absolute Gasteiger partial charge is 0.329 e. The van der Waals surface area contributed by atoms with E-state index in [1.165, 1.54) is 7.11 Å². The molecule has 0 aliphatic heterocycles. The maximum Gasteiger partial charge on any atom is 0.329 e. The fraction of sp³-hybridized carbons (Fsp3) is 0.188. The quantitative estimate of drug-likeness (QED) is 0.197. The van der Waals surface area contributed by atoms with Gasteiger partial charge in [-0.15, -0.1) is 0 Å². The van der Waals surface area contributed by atoms with Gasteiger partial charge in [0.2, 0.25) is 5.89 Å². The van der Waals surface area contributed by atoms with Crippen molar-refractivity contribution in [2.75, 3.05) is 13.7 Å². The predicted octanol–water partition coefficient (Wildman–Crippen LogP) is 6.70. The summed E-state index contributed by atoms with van der Waals surface area (Å²) in [5.74, 6) is 1.91. The third-order valence-corrected chi connectivity index (χ3v) is 6.53. The van der Waals surface area contributed by atoms with Crippen molar-refractivity contribution in [3.8, 4) is 28.3 Å². The number of ether oxygens (including phenoxy) is 2. The van der Waals surface area contributed by atoms with Gasteiger partial charge in [-0.05, 0) is 53.9 Å². The zero-order valence-electron chi connectivity index (χ0n) is 21.5. The molecule has 0 aliphatic rings. The van der Waals surface area contributed by atoms with Crippen molar-refractivity contribution in [1.82, 2.24) is 9.55 Å². The number of nitrogens with zero attached hydrogens (tertiary/aromatic N) is 2. The molecule has 3 aromatic carbocycles. The minimum Gasteiger partial charge on any atom is -0.493 e. The molecule has 38 heavy (non-hydrogen) atoms. The van der Waals surface area contributed by atoms with E-state index in [0.29, 0.717) is 25.3 Å². The first-order valence-corrected chi connectivity index (χ1v) is 12.6. The summed E-state index contributed by atoms with van der Waals surface area (Å²) in [5.41, 5.74) is 5.03. The Morgan fingerprint density at radius 2 is 1.58 bits per heavy atom. The molecule has 2 heterocycles. The lowest BCUT2D eigenvalue weighted by molar-refractivity contribution is -0.144. The fourth-order valence-corrected chi connectivity index (χ4v) is 4.43. The van der Waals surface area contributed by atoms with Crippen LogP contribution in [-0.2, 0) is 22.4 Å². The number of carbonyl (C=O) groups excluding carboxylic acids is 1. The second-order valence-corrected chi connectivity index (χ2v) is 9.09. The fourth-order valence-electron chi connectivity index (χ4n) is 4.43. The van der Waals surface area contributed by atoms with Gasteiger partial charge >= 0.3 is 5.97 Å². The first kappa shape index (κ1) is 25.1. The van der Waals surface area contributed by atoms with Crippen LogP contribution in [0.15, 0.2) is 108 Å². The van der Waals surface area contributed by atoms with Gasteiger partial charge in [-0.1, -0.05) is 60.7 Å². The Balaban J connectivity index is 1.20. The van der Waals surface area contributed by atoms with Gasteiger partial charge in [0, 0.05) is 30.8 Å². The topological polar surface area (TPSA) is 66.5 Å². The largest absolute Gasteiger partial charge is 0.493 e. The van der Waals surface area contributed by atoms with Crippen molar-refractivity contribution in [1.29, 1.82) is 0 Å². The van der Waals surface area contributed by atoms with Crippen molar-refractivity contribution in [2.45, 2.75) is 25.8 Å². The van der Waals surface area contributed by atoms with Gasteiger partial charge in [0.1, 0.15) is 17.6 Å². The van der Waals surface area contributed by atoms with E-state index in [0.717, 1.165) is 39.5 Å². The summed E-state index contributed by atoms with van der Waals surface area (Å²) >= 11 is 0. The third kappa shape index (κ3) is 5.86. The molecule has 2 aromatic heterocycles. The van der Waals surface area contributed by atoms with E-state index in [-0.39, 0.29) is 5.97 Å². The molecule has 6 nitrogen and oxygen atoms in total. The van der Waals surface area contributed by atoms with Crippen molar-refractivity contribution in [3.63, 3.8) is 0 Å². The van der Waals surface area contributed by atoms with Gasteiger partial charge < -0.3 is 18.5 Å². The zero-order valence-corrected chi connectivity index (χ0v) is 21.5. The normalized spacial score (nSPS) is 11.7. The number of esters is 1. The van der Waals surface area contributed by atoms with E-state index in [9.17, 15) is 4.79 Å². The lowest BCUT2D eigenvalue weighted by Gasteiger charge is -2.17. The summed E-state index contributed by atoms with van der Waals surface area (Å²) in [7, 11) is 1.42. The first-order chi connectivity index (χ1) is 18.6. The van der Waals surface area contributed by atoms with Crippen LogP contribution < -0.4 is 4.74 Å². The number of aromatic nitrogens is 2.